The second kappa shape index (κ2) is 9.40. The highest BCUT2D eigenvalue weighted by Gasteiger charge is 2.16. The molecule has 2 amide bonds. The third kappa shape index (κ3) is 5.67. The fourth-order valence-corrected chi connectivity index (χ4v) is 3.30. The van der Waals surface area contributed by atoms with Gasteiger partial charge in [0.05, 0.1) is 23.2 Å². The van der Waals surface area contributed by atoms with Gasteiger partial charge in [-0.2, -0.15) is 0 Å². The Morgan fingerprint density at radius 1 is 1.00 bits per heavy atom. The van der Waals surface area contributed by atoms with Crippen LogP contribution >= 0.6 is 0 Å². The van der Waals surface area contributed by atoms with Crippen LogP contribution in [0.25, 0.3) is 0 Å². The third-order valence-corrected chi connectivity index (χ3v) is 5.77. The number of anilines is 2. The van der Waals surface area contributed by atoms with Crippen LogP contribution in [-0.4, -0.2) is 38.5 Å². The molecule has 0 aliphatic rings. The Balaban J connectivity index is 1.76. The Kier molecular flexibility index (Phi) is 6.66. The second-order valence-electron chi connectivity index (χ2n) is 6.82. The number of carbonyl (C=O) groups excluding carboxylic acids is 2. The molecule has 0 unspecified atom stereocenters. The van der Waals surface area contributed by atoms with Crippen molar-refractivity contribution >= 4 is 33.2 Å². The molecule has 9 heteroatoms. The van der Waals surface area contributed by atoms with E-state index in [9.17, 15) is 18.0 Å². The van der Waals surface area contributed by atoms with Crippen molar-refractivity contribution in [2.45, 2.75) is 6.54 Å². The van der Waals surface area contributed by atoms with Crippen molar-refractivity contribution in [3.8, 4) is 0 Å². The summed E-state index contributed by atoms with van der Waals surface area (Å²) < 4.78 is 24.6. The molecule has 1 aromatic heterocycles. The summed E-state index contributed by atoms with van der Waals surface area (Å²) in [5.74, 6) is -0.804. The van der Waals surface area contributed by atoms with Gasteiger partial charge in [0.15, 0.2) is 0 Å². The van der Waals surface area contributed by atoms with Gasteiger partial charge in [0, 0.05) is 31.5 Å². The highest BCUT2D eigenvalue weighted by molar-refractivity contribution is 7.92. The topological polar surface area (TPSA) is 108 Å². The van der Waals surface area contributed by atoms with E-state index in [1.807, 2.05) is 6.07 Å². The van der Waals surface area contributed by atoms with Gasteiger partial charge in [0.25, 0.3) is 11.8 Å². The molecule has 0 radical (unpaired) electrons. The van der Waals surface area contributed by atoms with E-state index in [1.54, 1.807) is 60.9 Å². The first-order valence-electron chi connectivity index (χ1n) is 9.37. The van der Waals surface area contributed by atoms with E-state index in [-0.39, 0.29) is 11.5 Å². The van der Waals surface area contributed by atoms with Crippen molar-refractivity contribution in [1.29, 1.82) is 0 Å². The minimum absolute atomic E-state index is 0.263. The maximum Gasteiger partial charge on any atom is 0.255 e. The zero-order valence-electron chi connectivity index (χ0n) is 17.1. The van der Waals surface area contributed by atoms with E-state index >= 15 is 0 Å². The van der Waals surface area contributed by atoms with Gasteiger partial charge in [0.1, 0.15) is 0 Å². The number of hydrogen-bond acceptors (Lipinski definition) is 5. The predicted octanol–water partition coefficient (Wildman–Crippen LogP) is 2.66. The molecule has 0 aliphatic carbocycles. The number of rotatable bonds is 7. The zero-order chi connectivity index (χ0) is 22.4. The lowest BCUT2D eigenvalue weighted by molar-refractivity contribution is 0.0951. The first-order chi connectivity index (χ1) is 14.8. The summed E-state index contributed by atoms with van der Waals surface area (Å²) >= 11 is 0. The van der Waals surface area contributed by atoms with Crippen LogP contribution in [0.5, 0.6) is 0 Å². The largest absolute Gasteiger partial charge is 0.348 e. The molecule has 2 N–H and O–H groups in total. The number of nitrogens with one attached hydrogen (secondary N) is 2. The van der Waals surface area contributed by atoms with Crippen LogP contribution in [0, 0.1) is 0 Å². The number of benzene rings is 2. The van der Waals surface area contributed by atoms with Crippen LogP contribution in [0.1, 0.15) is 26.3 Å². The molecule has 0 atom stereocenters. The monoisotopic (exact) mass is 438 g/mol. The van der Waals surface area contributed by atoms with Crippen LogP contribution < -0.4 is 14.9 Å². The van der Waals surface area contributed by atoms with E-state index in [4.69, 9.17) is 0 Å². The van der Waals surface area contributed by atoms with Gasteiger partial charge in [0.2, 0.25) is 10.0 Å². The predicted molar refractivity (Wildman–Crippen MR) is 119 cm³/mol. The fraction of sp³-hybridized carbons (Fsp3) is 0.136. The number of nitrogens with zero attached hydrogens (tertiary/aromatic N) is 2. The van der Waals surface area contributed by atoms with E-state index in [0.29, 0.717) is 23.5 Å². The van der Waals surface area contributed by atoms with Crippen molar-refractivity contribution in [2.24, 2.45) is 0 Å². The molecule has 31 heavy (non-hydrogen) atoms. The molecule has 0 fully saturated rings. The highest BCUT2D eigenvalue weighted by atomic mass is 32.2. The van der Waals surface area contributed by atoms with Gasteiger partial charge in [-0.15, -0.1) is 0 Å². The van der Waals surface area contributed by atoms with Gasteiger partial charge in [-0.05, 0) is 42.0 Å². The van der Waals surface area contributed by atoms with Gasteiger partial charge in [-0.1, -0.05) is 24.3 Å². The third-order valence-electron chi connectivity index (χ3n) is 4.57. The number of carbonyl (C=O) groups is 2. The summed E-state index contributed by atoms with van der Waals surface area (Å²) in [5, 5.41) is 5.54. The van der Waals surface area contributed by atoms with Crippen LogP contribution in [0.3, 0.4) is 0 Å². The fourth-order valence-electron chi connectivity index (χ4n) is 2.80. The Morgan fingerprint density at radius 3 is 2.48 bits per heavy atom. The maximum atomic E-state index is 12.8. The first-order valence-corrected chi connectivity index (χ1v) is 11.2. The lowest BCUT2D eigenvalue weighted by atomic mass is 10.1. The van der Waals surface area contributed by atoms with E-state index < -0.39 is 15.9 Å². The summed E-state index contributed by atoms with van der Waals surface area (Å²) in [7, 11) is -2.05. The minimum Gasteiger partial charge on any atom is -0.348 e. The standard InChI is InChI=1S/C22H22N4O4S/c1-26(31(2,29)30)18-9-5-8-17(13-18)21(27)25-20-11-4-3-10-19(20)22(28)24-15-16-7-6-12-23-14-16/h3-14H,15H2,1-2H3,(H,24,28)(H,25,27). The lowest BCUT2D eigenvalue weighted by Crippen LogP contribution is -2.26. The maximum absolute atomic E-state index is 12.8. The van der Waals surface area contributed by atoms with E-state index in [2.05, 4.69) is 15.6 Å². The lowest BCUT2D eigenvalue weighted by Gasteiger charge is -2.17. The smallest absolute Gasteiger partial charge is 0.255 e. The van der Waals surface area contributed by atoms with Crippen molar-refractivity contribution in [3.63, 3.8) is 0 Å². The normalized spacial score (nSPS) is 10.9. The highest BCUT2D eigenvalue weighted by Crippen LogP contribution is 2.20. The SMILES string of the molecule is CN(c1cccc(C(=O)Nc2ccccc2C(=O)NCc2cccnc2)c1)S(C)(=O)=O. The number of sulfonamides is 1. The summed E-state index contributed by atoms with van der Waals surface area (Å²) in [6, 6.07) is 16.5. The number of amides is 2. The number of pyridine rings is 1. The van der Waals surface area contributed by atoms with Crippen molar-refractivity contribution < 1.29 is 18.0 Å². The summed E-state index contributed by atoms with van der Waals surface area (Å²) in [6.07, 6.45) is 4.40. The van der Waals surface area contributed by atoms with Gasteiger partial charge in [-0.3, -0.25) is 18.9 Å². The molecule has 2 aromatic carbocycles. The van der Waals surface area contributed by atoms with Crippen molar-refractivity contribution in [2.75, 3.05) is 22.9 Å². The molecule has 3 rings (SSSR count). The quantitative estimate of drug-likeness (QED) is 0.590. The number of para-hydroxylation sites is 1. The van der Waals surface area contributed by atoms with Crippen LogP contribution in [0.2, 0.25) is 0 Å². The van der Waals surface area contributed by atoms with E-state index in [0.717, 1.165) is 16.1 Å². The van der Waals surface area contributed by atoms with Crippen LogP contribution in [0.4, 0.5) is 11.4 Å². The molecule has 0 saturated carbocycles. The summed E-state index contributed by atoms with van der Waals surface area (Å²) in [5.41, 5.74) is 2.13. The Bertz CT molecular complexity index is 1200. The minimum atomic E-state index is -3.46. The van der Waals surface area contributed by atoms with Crippen molar-refractivity contribution in [1.82, 2.24) is 10.3 Å². The molecular formula is C22H22N4O4S. The van der Waals surface area contributed by atoms with Gasteiger partial charge in [-0.25, -0.2) is 8.42 Å². The van der Waals surface area contributed by atoms with Gasteiger partial charge < -0.3 is 10.6 Å². The molecular weight excluding hydrogens is 416 g/mol. The Labute approximate surface area is 181 Å². The molecule has 0 bridgehead atoms. The van der Waals surface area contributed by atoms with Crippen LogP contribution in [-0.2, 0) is 16.6 Å². The van der Waals surface area contributed by atoms with Gasteiger partial charge >= 0.3 is 0 Å². The summed E-state index contributed by atoms with van der Waals surface area (Å²) in [4.78, 5) is 29.4. The molecule has 0 aliphatic heterocycles. The van der Waals surface area contributed by atoms with Crippen molar-refractivity contribution in [3.05, 3.63) is 89.7 Å². The molecule has 160 valence electrons. The molecule has 0 spiro atoms. The average molecular weight is 439 g/mol. The number of hydrogen-bond donors (Lipinski definition) is 2. The molecule has 0 saturated heterocycles. The van der Waals surface area contributed by atoms with Crippen LogP contribution in [0.15, 0.2) is 73.1 Å². The Morgan fingerprint density at radius 2 is 1.77 bits per heavy atom. The number of aromatic nitrogens is 1. The average Bonchev–Trinajstić information content (AvgIpc) is 2.77. The molecule has 8 nitrogen and oxygen atoms in total. The Hall–Kier alpha value is -3.72. The zero-order valence-corrected chi connectivity index (χ0v) is 17.9. The second-order valence-corrected chi connectivity index (χ2v) is 8.84. The summed E-state index contributed by atoms with van der Waals surface area (Å²) in [6.45, 7) is 0.300. The van der Waals surface area contributed by atoms with E-state index in [1.165, 1.54) is 13.1 Å². The first kappa shape index (κ1) is 22.0. The molecule has 3 aromatic rings. The molecule has 1 heterocycles.